The fraction of sp³-hybridized carbons (Fsp3) is 0.407. The minimum Gasteiger partial charge on any atom is -0.465 e. The number of hydrogen-bond donors (Lipinski definition) is 1. The Kier molecular flexibility index (Phi) is 7.88. The topological polar surface area (TPSA) is 102 Å². The van der Waals surface area contributed by atoms with E-state index in [2.05, 4.69) is 17.2 Å². The second-order valence-electron chi connectivity index (χ2n) is 9.44. The maximum Gasteiger partial charge on any atom is 0.350 e. The summed E-state index contributed by atoms with van der Waals surface area (Å²) in [6, 6.07) is 9.01. The molecule has 0 aliphatic heterocycles. The highest BCUT2D eigenvalue weighted by molar-refractivity contribution is 7.18. The number of esters is 1. The van der Waals surface area contributed by atoms with Gasteiger partial charge >= 0.3 is 11.9 Å². The van der Waals surface area contributed by atoms with Crippen LogP contribution in [0.2, 0.25) is 0 Å². The summed E-state index contributed by atoms with van der Waals surface area (Å²) < 4.78 is 10.1. The van der Waals surface area contributed by atoms with Crippen molar-refractivity contribution in [3.63, 3.8) is 0 Å². The largest absolute Gasteiger partial charge is 0.465 e. The molecule has 3 aromatic rings. The van der Waals surface area contributed by atoms with Crippen LogP contribution in [0.4, 0.5) is 11.4 Å². The Morgan fingerprint density at radius 2 is 1.83 bits per heavy atom. The molecular formula is C27H31N3O5S. The SMILES string of the molecule is COC(=O)c1sc(-c2ccc(NC(=O)c3ncco3)cc2)cc1N(C(=O)[C@H]1CC[C@H](C)CC1)C(C)C. The average molecular weight is 510 g/mol. The predicted octanol–water partition coefficient (Wildman–Crippen LogP) is 6.01. The Balaban J connectivity index is 1.61. The molecule has 0 unspecified atom stereocenters. The number of carbonyl (C=O) groups is 3. The van der Waals surface area contributed by atoms with Crippen LogP contribution in [0.1, 0.15) is 66.8 Å². The van der Waals surface area contributed by atoms with Crippen LogP contribution in [-0.2, 0) is 9.53 Å². The van der Waals surface area contributed by atoms with Gasteiger partial charge in [-0.15, -0.1) is 11.3 Å². The number of rotatable bonds is 7. The van der Waals surface area contributed by atoms with E-state index in [9.17, 15) is 14.4 Å². The quantitative estimate of drug-likeness (QED) is 0.391. The second kappa shape index (κ2) is 11.1. The monoisotopic (exact) mass is 509 g/mol. The molecule has 2 amide bonds. The number of methoxy groups -OCH3 is 1. The Hall–Kier alpha value is -3.46. The first kappa shape index (κ1) is 25.6. The van der Waals surface area contributed by atoms with Crippen LogP contribution in [0, 0.1) is 11.8 Å². The number of anilines is 2. The maximum absolute atomic E-state index is 13.6. The zero-order chi connectivity index (χ0) is 25.8. The Labute approximate surface area is 214 Å². The highest BCUT2D eigenvalue weighted by Crippen LogP contribution is 2.40. The van der Waals surface area contributed by atoms with E-state index in [0.29, 0.717) is 22.2 Å². The van der Waals surface area contributed by atoms with E-state index in [0.717, 1.165) is 36.1 Å². The van der Waals surface area contributed by atoms with Crippen molar-refractivity contribution in [3.05, 3.63) is 53.6 Å². The van der Waals surface area contributed by atoms with Crippen molar-refractivity contribution >= 4 is 40.5 Å². The lowest BCUT2D eigenvalue weighted by Gasteiger charge is -2.33. The van der Waals surface area contributed by atoms with Crippen LogP contribution in [0.3, 0.4) is 0 Å². The number of benzene rings is 1. The van der Waals surface area contributed by atoms with Gasteiger partial charge in [0.2, 0.25) is 5.91 Å². The van der Waals surface area contributed by atoms with Gasteiger partial charge < -0.3 is 19.4 Å². The number of thiophene rings is 1. The van der Waals surface area contributed by atoms with Gasteiger partial charge in [-0.05, 0) is 69.2 Å². The first-order chi connectivity index (χ1) is 17.3. The molecular weight excluding hydrogens is 478 g/mol. The molecule has 4 rings (SSSR count). The molecule has 0 radical (unpaired) electrons. The van der Waals surface area contributed by atoms with Gasteiger partial charge in [0.15, 0.2) is 0 Å². The molecule has 1 fully saturated rings. The van der Waals surface area contributed by atoms with Crippen molar-refractivity contribution < 1.29 is 23.5 Å². The normalized spacial score (nSPS) is 17.6. The number of aromatic nitrogens is 1. The summed E-state index contributed by atoms with van der Waals surface area (Å²) in [6.45, 7) is 6.16. The molecule has 1 aliphatic rings. The summed E-state index contributed by atoms with van der Waals surface area (Å²) in [5.74, 6) is -0.257. The molecule has 2 heterocycles. The van der Waals surface area contributed by atoms with Gasteiger partial charge in [-0.2, -0.15) is 0 Å². The summed E-state index contributed by atoms with van der Waals surface area (Å²) in [6.07, 6.45) is 6.57. The first-order valence-corrected chi connectivity index (χ1v) is 13.0. The summed E-state index contributed by atoms with van der Waals surface area (Å²) in [5.41, 5.74) is 2.02. The molecule has 0 atom stereocenters. The predicted molar refractivity (Wildman–Crippen MR) is 139 cm³/mol. The van der Waals surface area contributed by atoms with Crippen molar-refractivity contribution in [2.45, 2.75) is 52.5 Å². The Morgan fingerprint density at radius 1 is 1.14 bits per heavy atom. The van der Waals surface area contributed by atoms with Gasteiger partial charge in [-0.25, -0.2) is 9.78 Å². The minimum atomic E-state index is -0.466. The number of nitrogens with one attached hydrogen (secondary N) is 1. The van der Waals surface area contributed by atoms with E-state index >= 15 is 0 Å². The number of ether oxygens (including phenoxy) is 1. The van der Waals surface area contributed by atoms with Gasteiger partial charge in [0.25, 0.3) is 5.89 Å². The molecule has 0 spiro atoms. The van der Waals surface area contributed by atoms with Crippen LogP contribution in [0.15, 0.2) is 47.2 Å². The van der Waals surface area contributed by atoms with E-state index in [1.54, 1.807) is 17.0 Å². The van der Waals surface area contributed by atoms with Gasteiger partial charge in [-0.3, -0.25) is 9.59 Å². The Bertz CT molecular complexity index is 1210. The van der Waals surface area contributed by atoms with E-state index in [4.69, 9.17) is 9.15 Å². The van der Waals surface area contributed by atoms with E-state index in [1.807, 2.05) is 32.0 Å². The lowest BCUT2D eigenvalue weighted by atomic mass is 9.82. The van der Waals surface area contributed by atoms with Crippen molar-refractivity contribution in [2.75, 3.05) is 17.3 Å². The van der Waals surface area contributed by atoms with E-state index < -0.39 is 11.9 Å². The van der Waals surface area contributed by atoms with Crippen LogP contribution < -0.4 is 10.2 Å². The average Bonchev–Trinajstić information content (AvgIpc) is 3.55. The van der Waals surface area contributed by atoms with Gasteiger partial charge in [0.1, 0.15) is 11.1 Å². The highest BCUT2D eigenvalue weighted by Gasteiger charge is 2.33. The summed E-state index contributed by atoms with van der Waals surface area (Å²) in [5, 5.41) is 2.74. The Morgan fingerprint density at radius 3 is 2.42 bits per heavy atom. The van der Waals surface area contributed by atoms with E-state index in [1.165, 1.54) is 30.9 Å². The fourth-order valence-electron chi connectivity index (χ4n) is 4.53. The molecule has 1 aliphatic carbocycles. The van der Waals surface area contributed by atoms with Crippen LogP contribution in [-0.4, -0.2) is 35.9 Å². The van der Waals surface area contributed by atoms with Crippen molar-refractivity contribution in [1.29, 1.82) is 0 Å². The van der Waals surface area contributed by atoms with Crippen molar-refractivity contribution in [2.24, 2.45) is 11.8 Å². The second-order valence-corrected chi connectivity index (χ2v) is 10.5. The number of oxazole rings is 1. The standard InChI is InChI=1S/C27H31N3O5S/c1-16(2)30(26(32)19-7-5-17(3)6-8-19)21-15-22(36-23(21)27(33)34-4)18-9-11-20(12-10-18)29-24(31)25-28-13-14-35-25/h9-17,19H,5-8H2,1-4H3,(H,29,31)/t17-,19-. The lowest BCUT2D eigenvalue weighted by Crippen LogP contribution is -2.42. The molecule has 1 N–H and O–H groups in total. The minimum absolute atomic E-state index is 0.0180. The first-order valence-electron chi connectivity index (χ1n) is 12.1. The number of hydrogen-bond acceptors (Lipinski definition) is 7. The smallest absolute Gasteiger partial charge is 0.350 e. The molecule has 2 aromatic heterocycles. The van der Waals surface area contributed by atoms with Crippen LogP contribution in [0.5, 0.6) is 0 Å². The fourth-order valence-corrected chi connectivity index (χ4v) is 5.61. The maximum atomic E-state index is 13.6. The zero-order valence-electron chi connectivity index (χ0n) is 20.9. The molecule has 8 nitrogen and oxygen atoms in total. The molecule has 9 heteroatoms. The van der Waals surface area contributed by atoms with Gasteiger partial charge in [0, 0.05) is 22.5 Å². The number of amides is 2. The lowest BCUT2D eigenvalue weighted by molar-refractivity contribution is -0.123. The third-order valence-corrected chi connectivity index (χ3v) is 7.67. The summed E-state index contributed by atoms with van der Waals surface area (Å²) in [4.78, 5) is 45.4. The van der Waals surface area contributed by atoms with Crippen LogP contribution in [0.25, 0.3) is 10.4 Å². The zero-order valence-corrected chi connectivity index (χ0v) is 21.8. The summed E-state index contributed by atoms with van der Waals surface area (Å²) >= 11 is 1.29. The van der Waals surface area contributed by atoms with Gasteiger partial charge in [0.05, 0.1) is 19.0 Å². The molecule has 0 bridgehead atoms. The molecule has 1 saturated carbocycles. The number of carbonyl (C=O) groups excluding carboxylic acids is 3. The van der Waals surface area contributed by atoms with Crippen LogP contribution >= 0.6 is 11.3 Å². The molecule has 1 aromatic carbocycles. The number of nitrogens with zero attached hydrogens (tertiary/aromatic N) is 2. The molecule has 190 valence electrons. The third-order valence-electron chi connectivity index (χ3n) is 6.52. The summed E-state index contributed by atoms with van der Waals surface area (Å²) in [7, 11) is 1.35. The van der Waals surface area contributed by atoms with Gasteiger partial charge in [-0.1, -0.05) is 19.1 Å². The van der Waals surface area contributed by atoms with Crippen molar-refractivity contribution in [1.82, 2.24) is 4.98 Å². The molecule has 0 saturated heterocycles. The third kappa shape index (κ3) is 5.51. The van der Waals surface area contributed by atoms with E-state index in [-0.39, 0.29) is 23.8 Å². The highest BCUT2D eigenvalue weighted by atomic mass is 32.1. The van der Waals surface area contributed by atoms with Crippen molar-refractivity contribution in [3.8, 4) is 10.4 Å². The molecule has 36 heavy (non-hydrogen) atoms.